The van der Waals surface area contributed by atoms with Crippen molar-refractivity contribution in [3.05, 3.63) is 22.7 Å². The topological polar surface area (TPSA) is 53.7 Å². The summed E-state index contributed by atoms with van der Waals surface area (Å²) in [5.41, 5.74) is 1.03. The normalized spacial score (nSPS) is 15.7. The third-order valence-corrected chi connectivity index (χ3v) is 3.66. The molecule has 1 aliphatic rings. The van der Waals surface area contributed by atoms with Gasteiger partial charge in [-0.2, -0.15) is 0 Å². The van der Waals surface area contributed by atoms with Crippen molar-refractivity contribution in [2.75, 3.05) is 13.7 Å². The first-order valence-corrected chi connectivity index (χ1v) is 6.97. The zero-order valence-electron chi connectivity index (χ0n) is 11.2. The highest BCUT2D eigenvalue weighted by molar-refractivity contribution is 6.32. The van der Waals surface area contributed by atoms with Crippen molar-refractivity contribution in [2.24, 2.45) is 5.90 Å². The average Bonchev–Trinajstić information content (AvgIpc) is 2.89. The van der Waals surface area contributed by atoms with Crippen molar-refractivity contribution in [3.8, 4) is 11.5 Å². The molecule has 0 amide bonds. The highest BCUT2D eigenvalue weighted by Gasteiger charge is 2.20. The molecule has 0 bridgehead atoms. The SMILES string of the molecule is COc1c(Cl)cc(CCON)cc1OC1CCCC1. The summed E-state index contributed by atoms with van der Waals surface area (Å²) in [6.07, 6.45) is 5.60. The maximum Gasteiger partial charge on any atom is 0.179 e. The molecule has 0 aromatic heterocycles. The molecule has 1 fully saturated rings. The standard InChI is InChI=1S/C14H20ClNO3/c1-17-14-12(15)8-10(6-7-18-16)9-13(14)19-11-4-2-3-5-11/h8-9,11H,2-7,16H2,1H3. The largest absolute Gasteiger partial charge is 0.491 e. The lowest BCUT2D eigenvalue weighted by atomic mass is 10.1. The van der Waals surface area contributed by atoms with Gasteiger partial charge in [0.25, 0.3) is 0 Å². The van der Waals surface area contributed by atoms with E-state index in [0.717, 1.165) is 18.4 Å². The van der Waals surface area contributed by atoms with E-state index in [0.29, 0.717) is 29.5 Å². The molecule has 106 valence electrons. The molecule has 0 atom stereocenters. The van der Waals surface area contributed by atoms with Crippen LogP contribution >= 0.6 is 11.6 Å². The molecule has 1 aromatic rings. The molecule has 1 aliphatic carbocycles. The number of rotatable bonds is 6. The van der Waals surface area contributed by atoms with Gasteiger partial charge in [0.1, 0.15) is 0 Å². The van der Waals surface area contributed by atoms with Crippen LogP contribution in [-0.2, 0) is 11.3 Å². The Bertz CT molecular complexity index is 419. The lowest BCUT2D eigenvalue weighted by molar-refractivity contribution is 0.141. The third kappa shape index (κ3) is 3.75. The summed E-state index contributed by atoms with van der Waals surface area (Å²) in [4.78, 5) is 4.60. The van der Waals surface area contributed by atoms with E-state index in [4.69, 9.17) is 27.0 Å². The number of hydrogen-bond donors (Lipinski definition) is 1. The average molecular weight is 286 g/mol. The van der Waals surface area contributed by atoms with E-state index in [-0.39, 0.29) is 6.10 Å². The Kier molecular flexibility index (Phi) is 5.31. The fourth-order valence-corrected chi connectivity index (χ4v) is 2.72. The maximum atomic E-state index is 6.22. The quantitative estimate of drug-likeness (QED) is 0.816. The zero-order valence-corrected chi connectivity index (χ0v) is 11.9. The van der Waals surface area contributed by atoms with E-state index in [2.05, 4.69) is 4.84 Å². The number of hydrogen-bond acceptors (Lipinski definition) is 4. The van der Waals surface area contributed by atoms with E-state index in [1.54, 1.807) is 7.11 Å². The van der Waals surface area contributed by atoms with E-state index >= 15 is 0 Å². The molecule has 2 rings (SSSR count). The van der Waals surface area contributed by atoms with Gasteiger partial charge in [-0.25, -0.2) is 5.90 Å². The number of benzene rings is 1. The molecule has 4 nitrogen and oxygen atoms in total. The molecule has 19 heavy (non-hydrogen) atoms. The van der Waals surface area contributed by atoms with Crippen molar-refractivity contribution < 1.29 is 14.3 Å². The van der Waals surface area contributed by atoms with Crippen LogP contribution in [0.25, 0.3) is 0 Å². The van der Waals surface area contributed by atoms with Crippen molar-refractivity contribution in [1.29, 1.82) is 0 Å². The Morgan fingerprint density at radius 2 is 2.05 bits per heavy atom. The van der Waals surface area contributed by atoms with Gasteiger partial charge >= 0.3 is 0 Å². The van der Waals surface area contributed by atoms with Crippen molar-refractivity contribution in [3.63, 3.8) is 0 Å². The predicted octanol–water partition coefficient (Wildman–Crippen LogP) is 3.10. The van der Waals surface area contributed by atoms with Crippen molar-refractivity contribution >= 4 is 11.6 Å². The van der Waals surface area contributed by atoms with E-state index in [9.17, 15) is 0 Å². The Morgan fingerprint density at radius 1 is 1.32 bits per heavy atom. The summed E-state index contributed by atoms with van der Waals surface area (Å²) in [6, 6.07) is 3.82. The molecule has 2 N–H and O–H groups in total. The van der Waals surface area contributed by atoms with Crippen LogP contribution in [-0.4, -0.2) is 19.8 Å². The first kappa shape index (κ1) is 14.4. The maximum absolute atomic E-state index is 6.22. The van der Waals surface area contributed by atoms with Crippen LogP contribution in [0, 0.1) is 0 Å². The van der Waals surface area contributed by atoms with Gasteiger partial charge < -0.3 is 14.3 Å². The Morgan fingerprint density at radius 3 is 2.68 bits per heavy atom. The van der Waals surface area contributed by atoms with Gasteiger partial charge in [0.2, 0.25) is 0 Å². The van der Waals surface area contributed by atoms with Crippen LogP contribution in [0.2, 0.25) is 5.02 Å². The third-order valence-electron chi connectivity index (χ3n) is 3.38. The van der Waals surface area contributed by atoms with Gasteiger partial charge in [-0.15, -0.1) is 0 Å². The highest BCUT2D eigenvalue weighted by atomic mass is 35.5. The minimum Gasteiger partial charge on any atom is -0.491 e. The lowest BCUT2D eigenvalue weighted by Crippen LogP contribution is -2.12. The summed E-state index contributed by atoms with van der Waals surface area (Å²) < 4.78 is 11.4. The summed E-state index contributed by atoms with van der Waals surface area (Å²) in [7, 11) is 1.60. The van der Waals surface area contributed by atoms with Crippen LogP contribution in [0.4, 0.5) is 0 Å². The van der Waals surface area contributed by atoms with Gasteiger partial charge in [-0.3, -0.25) is 0 Å². The van der Waals surface area contributed by atoms with Gasteiger partial charge in [0.05, 0.1) is 24.8 Å². The fourth-order valence-electron chi connectivity index (χ4n) is 2.41. The molecule has 5 heteroatoms. The highest BCUT2D eigenvalue weighted by Crippen LogP contribution is 2.38. The minimum absolute atomic E-state index is 0.269. The number of nitrogens with two attached hydrogens (primary N) is 1. The first-order valence-electron chi connectivity index (χ1n) is 6.59. The second-order valence-electron chi connectivity index (χ2n) is 4.75. The molecule has 1 aromatic carbocycles. The van der Waals surface area contributed by atoms with Gasteiger partial charge in [-0.05, 0) is 49.8 Å². The Balaban J connectivity index is 2.18. The van der Waals surface area contributed by atoms with Crippen LogP contribution in [0.5, 0.6) is 11.5 Å². The number of halogens is 1. The second kappa shape index (κ2) is 6.98. The lowest BCUT2D eigenvalue weighted by Gasteiger charge is -2.18. The van der Waals surface area contributed by atoms with Crippen LogP contribution in [0.15, 0.2) is 12.1 Å². The van der Waals surface area contributed by atoms with Crippen molar-refractivity contribution in [2.45, 2.75) is 38.2 Å². The number of methoxy groups -OCH3 is 1. The smallest absolute Gasteiger partial charge is 0.179 e. The monoisotopic (exact) mass is 285 g/mol. The van der Waals surface area contributed by atoms with Gasteiger partial charge in [0, 0.05) is 0 Å². The van der Waals surface area contributed by atoms with E-state index in [1.165, 1.54) is 12.8 Å². The van der Waals surface area contributed by atoms with Crippen LogP contribution < -0.4 is 15.4 Å². The molecule has 0 unspecified atom stereocenters. The fraction of sp³-hybridized carbons (Fsp3) is 0.571. The number of ether oxygens (including phenoxy) is 2. The molecule has 0 heterocycles. The van der Waals surface area contributed by atoms with Gasteiger partial charge in [0.15, 0.2) is 11.5 Å². The summed E-state index contributed by atoms with van der Waals surface area (Å²) in [5, 5.41) is 0.560. The van der Waals surface area contributed by atoms with Gasteiger partial charge in [-0.1, -0.05) is 11.6 Å². The molecule has 0 saturated heterocycles. The molecular weight excluding hydrogens is 266 g/mol. The van der Waals surface area contributed by atoms with E-state index < -0.39 is 0 Å². The molecule has 0 spiro atoms. The molecule has 1 saturated carbocycles. The first-order chi connectivity index (χ1) is 9.24. The second-order valence-corrected chi connectivity index (χ2v) is 5.16. The molecule has 0 radical (unpaired) electrons. The summed E-state index contributed by atoms with van der Waals surface area (Å²) >= 11 is 6.22. The van der Waals surface area contributed by atoms with Crippen molar-refractivity contribution in [1.82, 2.24) is 0 Å². The zero-order chi connectivity index (χ0) is 13.7. The summed E-state index contributed by atoms with van der Waals surface area (Å²) in [6.45, 7) is 0.450. The van der Waals surface area contributed by atoms with Crippen LogP contribution in [0.1, 0.15) is 31.2 Å². The Labute approximate surface area is 118 Å². The Hall–Kier alpha value is -0.970. The predicted molar refractivity (Wildman–Crippen MR) is 74.7 cm³/mol. The van der Waals surface area contributed by atoms with Crippen LogP contribution in [0.3, 0.4) is 0 Å². The van der Waals surface area contributed by atoms with E-state index in [1.807, 2.05) is 12.1 Å². The summed E-state index contributed by atoms with van der Waals surface area (Å²) in [5.74, 6) is 6.37. The minimum atomic E-state index is 0.269. The molecule has 0 aliphatic heterocycles. The molecular formula is C14H20ClNO3.